The number of halogens is 1. The second-order valence-corrected chi connectivity index (χ2v) is 8.29. The quantitative estimate of drug-likeness (QED) is 0.293. The molecule has 2 heterocycles. The third-order valence-corrected chi connectivity index (χ3v) is 5.59. The number of allylic oxidation sites excluding steroid dienone is 1. The van der Waals surface area contributed by atoms with Crippen molar-refractivity contribution < 1.29 is 19.1 Å². The highest BCUT2D eigenvalue weighted by molar-refractivity contribution is 9.10. The first-order chi connectivity index (χ1) is 13.5. The van der Waals surface area contributed by atoms with Gasteiger partial charge in [-0.25, -0.2) is 0 Å². The number of esters is 1. The Bertz CT molecular complexity index is 1100. The van der Waals surface area contributed by atoms with Crippen molar-refractivity contribution in [2.45, 2.75) is 13.3 Å². The fourth-order valence-electron chi connectivity index (χ4n) is 3.01. The zero-order valence-electron chi connectivity index (χ0n) is 14.9. The normalized spacial score (nSPS) is 14.1. The van der Waals surface area contributed by atoms with Crippen molar-refractivity contribution in [2.24, 2.45) is 0 Å². The molecule has 0 amide bonds. The third-order valence-electron chi connectivity index (χ3n) is 4.22. The first-order valence-corrected chi connectivity index (χ1v) is 10.2. The molecule has 0 bridgehead atoms. The van der Waals surface area contributed by atoms with Gasteiger partial charge in [-0.3, -0.25) is 9.59 Å². The van der Waals surface area contributed by atoms with Gasteiger partial charge in [-0.05, 0) is 53.8 Å². The molecule has 0 radical (unpaired) electrons. The molecule has 6 heteroatoms. The maximum atomic E-state index is 12.7. The third kappa shape index (κ3) is 3.93. The smallest absolute Gasteiger partial charge is 0.316 e. The number of hydrogen-bond acceptors (Lipinski definition) is 5. The molecule has 0 spiro atoms. The molecule has 2 aromatic carbocycles. The van der Waals surface area contributed by atoms with Crippen molar-refractivity contribution in [1.29, 1.82) is 0 Å². The highest BCUT2D eigenvalue weighted by Crippen LogP contribution is 2.37. The SMILES string of the molecule is Cc1cc(OC(=O)Cc2cccs2)cc2c1C(=O)/C(=C/c1cccc(Br)c1)O2. The highest BCUT2D eigenvalue weighted by atomic mass is 79.9. The number of rotatable bonds is 4. The zero-order chi connectivity index (χ0) is 19.7. The highest BCUT2D eigenvalue weighted by Gasteiger charge is 2.30. The number of carbonyl (C=O) groups is 2. The van der Waals surface area contributed by atoms with E-state index in [4.69, 9.17) is 9.47 Å². The summed E-state index contributed by atoms with van der Waals surface area (Å²) in [6.07, 6.45) is 1.91. The number of aryl methyl sites for hydroxylation is 1. The van der Waals surface area contributed by atoms with Crippen LogP contribution in [0.2, 0.25) is 0 Å². The van der Waals surface area contributed by atoms with Gasteiger partial charge >= 0.3 is 5.97 Å². The Hall–Kier alpha value is -2.70. The monoisotopic (exact) mass is 454 g/mol. The standard InChI is InChI=1S/C22H15BrO4S/c1-13-8-16(26-20(24)12-17-6-3-7-28-17)11-18-21(13)22(25)19(27-18)10-14-4-2-5-15(23)9-14/h2-11H,12H2,1H3/b19-10-. The molecule has 1 aromatic heterocycles. The fourth-order valence-corrected chi connectivity index (χ4v) is 4.11. The molecule has 0 saturated carbocycles. The van der Waals surface area contributed by atoms with Crippen molar-refractivity contribution in [3.05, 3.63) is 85.7 Å². The van der Waals surface area contributed by atoms with Crippen LogP contribution >= 0.6 is 27.3 Å². The van der Waals surface area contributed by atoms with E-state index in [2.05, 4.69) is 15.9 Å². The maximum Gasteiger partial charge on any atom is 0.316 e. The van der Waals surface area contributed by atoms with Crippen LogP contribution in [0.3, 0.4) is 0 Å². The first kappa shape index (κ1) is 18.7. The first-order valence-electron chi connectivity index (χ1n) is 8.57. The lowest BCUT2D eigenvalue weighted by atomic mass is 10.0. The average Bonchev–Trinajstić information content (AvgIpc) is 3.23. The molecule has 1 aliphatic rings. The van der Waals surface area contributed by atoms with E-state index in [1.54, 1.807) is 25.1 Å². The summed E-state index contributed by atoms with van der Waals surface area (Å²) in [5, 5.41) is 1.92. The van der Waals surface area contributed by atoms with Crippen LogP contribution in [0.15, 0.2) is 64.1 Å². The van der Waals surface area contributed by atoms with Crippen LogP contribution in [-0.4, -0.2) is 11.8 Å². The Morgan fingerprint density at radius 2 is 2.07 bits per heavy atom. The molecule has 3 aromatic rings. The number of fused-ring (bicyclic) bond motifs is 1. The summed E-state index contributed by atoms with van der Waals surface area (Å²) in [4.78, 5) is 25.8. The summed E-state index contributed by atoms with van der Waals surface area (Å²) in [7, 11) is 0. The number of benzene rings is 2. The van der Waals surface area contributed by atoms with Crippen LogP contribution in [-0.2, 0) is 11.2 Å². The number of ether oxygens (including phenoxy) is 2. The van der Waals surface area contributed by atoms with E-state index in [0.29, 0.717) is 22.6 Å². The van der Waals surface area contributed by atoms with E-state index >= 15 is 0 Å². The van der Waals surface area contributed by atoms with E-state index < -0.39 is 0 Å². The minimum Gasteiger partial charge on any atom is -0.452 e. The summed E-state index contributed by atoms with van der Waals surface area (Å²) < 4.78 is 12.1. The van der Waals surface area contributed by atoms with Gasteiger partial charge in [-0.1, -0.05) is 34.1 Å². The lowest BCUT2D eigenvalue weighted by Gasteiger charge is -2.07. The Morgan fingerprint density at radius 1 is 1.21 bits per heavy atom. The van der Waals surface area contributed by atoms with Crippen LogP contribution in [0, 0.1) is 6.92 Å². The maximum absolute atomic E-state index is 12.7. The Balaban J connectivity index is 1.57. The molecule has 0 atom stereocenters. The van der Waals surface area contributed by atoms with Gasteiger partial charge in [0.05, 0.1) is 12.0 Å². The van der Waals surface area contributed by atoms with Gasteiger partial charge in [0, 0.05) is 15.4 Å². The van der Waals surface area contributed by atoms with E-state index in [9.17, 15) is 9.59 Å². The summed E-state index contributed by atoms with van der Waals surface area (Å²) in [6, 6.07) is 14.7. The van der Waals surface area contributed by atoms with E-state index in [0.717, 1.165) is 14.9 Å². The molecule has 4 nitrogen and oxygen atoms in total. The topological polar surface area (TPSA) is 52.6 Å². The predicted molar refractivity (Wildman–Crippen MR) is 112 cm³/mol. The van der Waals surface area contributed by atoms with Crippen LogP contribution in [0.4, 0.5) is 0 Å². The van der Waals surface area contributed by atoms with Crippen LogP contribution in [0.25, 0.3) is 6.08 Å². The van der Waals surface area contributed by atoms with Gasteiger partial charge in [-0.2, -0.15) is 0 Å². The second-order valence-electron chi connectivity index (χ2n) is 6.34. The van der Waals surface area contributed by atoms with Gasteiger partial charge in [-0.15, -0.1) is 11.3 Å². The van der Waals surface area contributed by atoms with Gasteiger partial charge in [0.2, 0.25) is 5.78 Å². The van der Waals surface area contributed by atoms with Gasteiger partial charge in [0.25, 0.3) is 0 Å². The Morgan fingerprint density at radius 3 is 2.82 bits per heavy atom. The van der Waals surface area contributed by atoms with Gasteiger partial charge < -0.3 is 9.47 Å². The number of carbonyl (C=O) groups excluding carboxylic acids is 2. The van der Waals surface area contributed by atoms with E-state index in [-0.39, 0.29) is 23.9 Å². The average molecular weight is 455 g/mol. The largest absolute Gasteiger partial charge is 0.452 e. The minimum absolute atomic E-state index is 0.177. The van der Waals surface area contributed by atoms with Crippen LogP contribution in [0.5, 0.6) is 11.5 Å². The van der Waals surface area contributed by atoms with E-state index in [1.807, 2.05) is 41.8 Å². The molecular formula is C22H15BrO4S. The molecule has 0 saturated heterocycles. The molecule has 0 unspecified atom stereocenters. The molecule has 1 aliphatic heterocycles. The van der Waals surface area contributed by atoms with Crippen LogP contribution in [0.1, 0.15) is 26.4 Å². The van der Waals surface area contributed by atoms with E-state index in [1.165, 1.54) is 11.3 Å². The van der Waals surface area contributed by atoms with Gasteiger partial charge in [0.15, 0.2) is 5.76 Å². The Kier molecular flexibility index (Phi) is 5.15. The molecule has 28 heavy (non-hydrogen) atoms. The molecule has 0 N–H and O–H groups in total. The van der Waals surface area contributed by atoms with Crippen molar-refractivity contribution in [3.63, 3.8) is 0 Å². The molecule has 0 aliphatic carbocycles. The Labute approximate surface area is 174 Å². The van der Waals surface area contributed by atoms with Gasteiger partial charge in [0.1, 0.15) is 11.5 Å². The summed E-state index contributed by atoms with van der Waals surface area (Å²) in [5.74, 6) is 0.498. The summed E-state index contributed by atoms with van der Waals surface area (Å²) in [5.41, 5.74) is 2.06. The number of thiophene rings is 1. The number of Topliss-reactive ketones (excluding diaryl/α,β-unsaturated/α-hetero) is 1. The van der Waals surface area contributed by atoms with Crippen LogP contribution < -0.4 is 9.47 Å². The molecule has 140 valence electrons. The van der Waals surface area contributed by atoms with Crippen molar-refractivity contribution in [2.75, 3.05) is 0 Å². The lowest BCUT2D eigenvalue weighted by Crippen LogP contribution is -2.10. The molecule has 4 rings (SSSR count). The van der Waals surface area contributed by atoms with Crippen molar-refractivity contribution >= 4 is 45.1 Å². The second kappa shape index (κ2) is 7.73. The van der Waals surface area contributed by atoms with Crippen molar-refractivity contribution in [1.82, 2.24) is 0 Å². The molecule has 0 fully saturated rings. The number of hydrogen-bond donors (Lipinski definition) is 0. The van der Waals surface area contributed by atoms with Crippen molar-refractivity contribution in [3.8, 4) is 11.5 Å². The molecular weight excluding hydrogens is 440 g/mol. The summed E-state index contributed by atoms with van der Waals surface area (Å²) in [6.45, 7) is 1.80. The predicted octanol–water partition coefficient (Wildman–Crippen LogP) is 5.58. The minimum atomic E-state index is -0.351. The number of ketones is 1. The fraction of sp³-hybridized carbons (Fsp3) is 0.0909. The zero-order valence-corrected chi connectivity index (χ0v) is 17.3. The lowest BCUT2D eigenvalue weighted by molar-refractivity contribution is -0.133. The summed E-state index contributed by atoms with van der Waals surface area (Å²) >= 11 is 4.92.